The van der Waals surface area contributed by atoms with E-state index in [9.17, 15) is 9.90 Å². The minimum absolute atomic E-state index is 0.333. The van der Waals surface area contributed by atoms with Crippen molar-refractivity contribution in [2.24, 2.45) is 5.41 Å². The maximum Gasteiger partial charge on any atom is 0.309 e. The summed E-state index contributed by atoms with van der Waals surface area (Å²) in [6.07, 6.45) is 3.51. The molecule has 0 bridgehead atoms. The molecular weight excluding hydrogens is 424 g/mol. The summed E-state index contributed by atoms with van der Waals surface area (Å²) in [6, 6.07) is 14.2. The molecule has 0 unspecified atom stereocenters. The van der Waals surface area contributed by atoms with Crippen LogP contribution in [-0.2, 0) is 17.8 Å². The van der Waals surface area contributed by atoms with Gasteiger partial charge in [0.1, 0.15) is 6.26 Å². The molecule has 0 aliphatic rings. The van der Waals surface area contributed by atoms with Crippen LogP contribution in [0, 0.1) is 5.41 Å². The molecule has 4 aromatic rings. The van der Waals surface area contributed by atoms with Crippen LogP contribution in [-0.4, -0.2) is 20.6 Å². The highest BCUT2D eigenvalue weighted by atomic mass is 35.5. The normalized spacial score (nSPS) is 12.1. The highest BCUT2D eigenvalue weighted by molar-refractivity contribution is 6.30. The van der Waals surface area contributed by atoms with Gasteiger partial charge in [-0.25, -0.2) is 4.98 Å². The Bertz CT molecular complexity index is 1250. The quantitative estimate of drug-likeness (QED) is 0.337. The number of benzene rings is 2. The van der Waals surface area contributed by atoms with Crippen LogP contribution >= 0.6 is 11.6 Å². The number of fused-ring (bicyclic) bond motifs is 1. The lowest BCUT2D eigenvalue weighted by Gasteiger charge is -2.21. The number of rotatable bonds is 7. The molecule has 5 nitrogen and oxygen atoms in total. The fourth-order valence-corrected chi connectivity index (χ4v) is 4.13. The van der Waals surface area contributed by atoms with Crippen molar-refractivity contribution in [3.05, 3.63) is 76.8 Å². The highest BCUT2D eigenvalue weighted by Gasteiger charge is 2.32. The van der Waals surface area contributed by atoms with Crippen molar-refractivity contribution in [1.82, 2.24) is 9.55 Å². The van der Waals surface area contributed by atoms with Crippen LogP contribution in [0.2, 0.25) is 5.02 Å². The number of hydrogen-bond donors (Lipinski definition) is 1. The molecule has 0 atom stereocenters. The molecule has 166 valence electrons. The third-order valence-electron chi connectivity index (χ3n) is 5.95. The summed E-state index contributed by atoms with van der Waals surface area (Å²) >= 11 is 6.09. The SMILES string of the molecule is CC(C)c1ccc2c(c1)c(-c1ncco1)c(CC(C)(C)C(=O)O)n2Cc1ccc(Cl)cc1. The lowest BCUT2D eigenvalue weighted by molar-refractivity contribution is -0.146. The molecule has 2 heterocycles. The summed E-state index contributed by atoms with van der Waals surface area (Å²) < 4.78 is 7.92. The van der Waals surface area contributed by atoms with Crippen molar-refractivity contribution >= 4 is 28.5 Å². The molecule has 0 radical (unpaired) electrons. The van der Waals surface area contributed by atoms with E-state index < -0.39 is 11.4 Å². The number of carbonyl (C=O) groups is 1. The van der Waals surface area contributed by atoms with E-state index in [-0.39, 0.29) is 0 Å². The maximum absolute atomic E-state index is 12.0. The van der Waals surface area contributed by atoms with Crippen molar-refractivity contribution in [3.63, 3.8) is 0 Å². The van der Waals surface area contributed by atoms with Gasteiger partial charge >= 0.3 is 5.97 Å². The number of aromatic nitrogens is 2. The number of halogens is 1. The standard InChI is InChI=1S/C26H27ClN2O3/c1-16(2)18-7-10-21-20(13-18)23(24-28-11-12-32-24)22(14-26(3,4)25(30)31)29(21)15-17-5-8-19(27)9-6-17/h5-13,16H,14-15H2,1-4H3,(H,30,31). The number of aliphatic carboxylic acids is 1. The summed E-state index contributed by atoms with van der Waals surface area (Å²) in [5.74, 6) is 0.0132. The number of carboxylic acids is 1. The third kappa shape index (κ3) is 4.17. The van der Waals surface area contributed by atoms with Crippen molar-refractivity contribution < 1.29 is 14.3 Å². The van der Waals surface area contributed by atoms with Gasteiger partial charge in [0.25, 0.3) is 0 Å². The smallest absolute Gasteiger partial charge is 0.309 e. The van der Waals surface area contributed by atoms with E-state index in [1.807, 2.05) is 24.3 Å². The first kappa shape index (κ1) is 22.2. The molecule has 0 aliphatic carbocycles. The monoisotopic (exact) mass is 450 g/mol. The van der Waals surface area contributed by atoms with Gasteiger partial charge in [-0.1, -0.05) is 43.6 Å². The van der Waals surface area contributed by atoms with E-state index in [1.54, 1.807) is 26.3 Å². The molecule has 0 fully saturated rings. The van der Waals surface area contributed by atoms with Crippen LogP contribution in [0.5, 0.6) is 0 Å². The Morgan fingerprint density at radius 1 is 1.19 bits per heavy atom. The number of hydrogen-bond acceptors (Lipinski definition) is 3. The Labute approximate surface area is 192 Å². The lowest BCUT2D eigenvalue weighted by atomic mass is 9.86. The molecule has 0 aliphatic heterocycles. The fraction of sp³-hybridized carbons (Fsp3) is 0.308. The second-order valence-corrected chi connectivity index (χ2v) is 9.61. The van der Waals surface area contributed by atoms with Crippen LogP contribution in [0.3, 0.4) is 0 Å². The van der Waals surface area contributed by atoms with Gasteiger partial charge in [0.05, 0.1) is 17.2 Å². The summed E-state index contributed by atoms with van der Waals surface area (Å²) in [5.41, 5.74) is 4.09. The zero-order valence-electron chi connectivity index (χ0n) is 18.7. The molecule has 0 amide bonds. The number of oxazole rings is 1. The van der Waals surface area contributed by atoms with E-state index in [4.69, 9.17) is 16.0 Å². The Morgan fingerprint density at radius 2 is 1.91 bits per heavy atom. The molecule has 2 aromatic carbocycles. The molecule has 1 N–H and O–H groups in total. The third-order valence-corrected chi connectivity index (χ3v) is 6.20. The Balaban J connectivity index is 2.01. The van der Waals surface area contributed by atoms with Crippen molar-refractivity contribution in [2.45, 2.75) is 46.6 Å². The van der Waals surface area contributed by atoms with Crippen molar-refractivity contribution in [1.29, 1.82) is 0 Å². The first-order chi connectivity index (χ1) is 15.2. The molecule has 0 saturated carbocycles. The van der Waals surface area contributed by atoms with Gasteiger partial charge in [0.2, 0.25) is 5.89 Å². The lowest BCUT2D eigenvalue weighted by Crippen LogP contribution is -2.27. The first-order valence-electron chi connectivity index (χ1n) is 10.7. The molecular formula is C26H27ClN2O3. The van der Waals surface area contributed by atoms with E-state index in [0.717, 1.165) is 27.7 Å². The van der Waals surface area contributed by atoms with Crippen LogP contribution in [0.25, 0.3) is 22.4 Å². The summed E-state index contributed by atoms with van der Waals surface area (Å²) in [4.78, 5) is 16.5. The van der Waals surface area contributed by atoms with Crippen molar-refractivity contribution in [2.75, 3.05) is 0 Å². The zero-order valence-corrected chi connectivity index (χ0v) is 19.5. The van der Waals surface area contributed by atoms with Crippen LogP contribution in [0.1, 0.15) is 50.4 Å². The highest BCUT2D eigenvalue weighted by Crippen LogP contribution is 2.39. The van der Waals surface area contributed by atoms with Crippen molar-refractivity contribution in [3.8, 4) is 11.5 Å². The summed E-state index contributed by atoms with van der Waals surface area (Å²) in [6.45, 7) is 8.40. The van der Waals surface area contributed by atoms with E-state index >= 15 is 0 Å². The van der Waals surface area contributed by atoms with E-state index in [2.05, 4.69) is 41.6 Å². The van der Waals surface area contributed by atoms with E-state index in [0.29, 0.717) is 29.8 Å². The second-order valence-electron chi connectivity index (χ2n) is 9.17. The molecule has 0 saturated heterocycles. The van der Waals surface area contributed by atoms with E-state index in [1.165, 1.54) is 5.56 Å². The summed E-state index contributed by atoms with van der Waals surface area (Å²) in [5, 5.41) is 11.6. The van der Waals surface area contributed by atoms with Crippen LogP contribution < -0.4 is 0 Å². The molecule has 6 heteroatoms. The van der Waals surface area contributed by atoms with Gasteiger partial charge in [0, 0.05) is 34.6 Å². The molecule has 0 spiro atoms. The number of nitrogens with zero attached hydrogens (tertiary/aromatic N) is 2. The minimum atomic E-state index is -0.964. The largest absolute Gasteiger partial charge is 0.481 e. The Hall–Kier alpha value is -3.05. The molecule has 32 heavy (non-hydrogen) atoms. The second kappa shape index (κ2) is 8.47. The van der Waals surface area contributed by atoms with Gasteiger partial charge in [0.15, 0.2) is 0 Å². The van der Waals surface area contributed by atoms with Gasteiger partial charge in [-0.15, -0.1) is 0 Å². The molecule has 2 aromatic heterocycles. The van der Waals surface area contributed by atoms with Gasteiger partial charge in [-0.05, 0) is 55.2 Å². The van der Waals surface area contributed by atoms with Crippen LogP contribution in [0.4, 0.5) is 0 Å². The molecule has 4 rings (SSSR count). The average molecular weight is 451 g/mol. The first-order valence-corrected chi connectivity index (χ1v) is 11.1. The maximum atomic E-state index is 12.0. The predicted octanol–water partition coefficient (Wildman–Crippen LogP) is 6.77. The van der Waals surface area contributed by atoms with Gasteiger partial charge < -0.3 is 14.1 Å². The van der Waals surface area contributed by atoms with Gasteiger partial charge in [-0.2, -0.15) is 0 Å². The minimum Gasteiger partial charge on any atom is -0.481 e. The fourth-order valence-electron chi connectivity index (χ4n) is 4.00. The average Bonchev–Trinajstić information content (AvgIpc) is 3.35. The summed E-state index contributed by atoms with van der Waals surface area (Å²) in [7, 11) is 0. The number of carboxylic acid groups (broad SMARTS) is 1. The zero-order chi connectivity index (χ0) is 23.0. The Morgan fingerprint density at radius 3 is 2.50 bits per heavy atom. The predicted molar refractivity (Wildman–Crippen MR) is 127 cm³/mol. The Kier molecular flexibility index (Phi) is 5.87. The van der Waals surface area contributed by atoms with Crippen LogP contribution in [0.15, 0.2) is 59.3 Å². The topological polar surface area (TPSA) is 68.3 Å². The van der Waals surface area contributed by atoms with Gasteiger partial charge in [-0.3, -0.25) is 4.79 Å².